The van der Waals surface area contributed by atoms with Crippen LogP contribution in [-0.4, -0.2) is 36.3 Å². The highest BCUT2D eigenvalue weighted by Crippen LogP contribution is 2.45. The third-order valence-electron chi connectivity index (χ3n) is 5.44. The number of nitrogens with one attached hydrogen (secondary N) is 1. The van der Waals surface area contributed by atoms with Gasteiger partial charge in [0, 0.05) is 18.8 Å². The highest BCUT2D eigenvalue weighted by molar-refractivity contribution is 6.08. The number of hydrogen-bond acceptors (Lipinski definition) is 3. The summed E-state index contributed by atoms with van der Waals surface area (Å²) in [6.45, 7) is 4.89. The van der Waals surface area contributed by atoms with E-state index in [-0.39, 0.29) is 5.91 Å². The lowest BCUT2D eigenvalue weighted by atomic mass is 9.72. The summed E-state index contributed by atoms with van der Waals surface area (Å²) in [7, 11) is 0. The molecule has 1 N–H and O–H groups in total. The summed E-state index contributed by atoms with van der Waals surface area (Å²) in [6, 6.07) is 18.3. The fourth-order valence-electron chi connectivity index (χ4n) is 4.12. The summed E-state index contributed by atoms with van der Waals surface area (Å²) in [5.41, 5.74) is 2.51. The van der Waals surface area contributed by atoms with E-state index in [1.54, 1.807) is 0 Å². The number of amidine groups is 1. The molecule has 0 bridgehead atoms. The summed E-state index contributed by atoms with van der Waals surface area (Å²) in [6.07, 6.45) is 1.74. The summed E-state index contributed by atoms with van der Waals surface area (Å²) in [5, 5.41) is 3.10. The molecule has 1 unspecified atom stereocenters. The molecule has 0 aliphatic carbocycles. The first-order valence-electron chi connectivity index (χ1n) is 8.94. The zero-order valence-electron chi connectivity index (χ0n) is 14.5. The van der Waals surface area contributed by atoms with E-state index in [9.17, 15) is 4.79 Å². The number of carbonyl (C=O) groups excluding carboxylic acids is 1. The number of fused-ring (bicyclic) bond motifs is 1. The monoisotopic (exact) mass is 333 g/mol. The van der Waals surface area contributed by atoms with Gasteiger partial charge in [-0.2, -0.15) is 0 Å². The molecule has 0 radical (unpaired) electrons. The van der Waals surface area contributed by atoms with Gasteiger partial charge in [-0.3, -0.25) is 9.79 Å². The first kappa shape index (κ1) is 15.9. The topological polar surface area (TPSA) is 44.7 Å². The Hall–Kier alpha value is -2.62. The van der Waals surface area contributed by atoms with Crippen LogP contribution in [0.2, 0.25) is 0 Å². The van der Waals surface area contributed by atoms with Crippen molar-refractivity contribution in [2.45, 2.75) is 25.2 Å². The van der Waals surface area contributed by atoms with Crippen molar-refractivity contribution in [1.82, 2.24) is 4.90 Å². The predicted molar refractivity (Wildman–Crippen MR) is 101 cm³/mol. The Morgan fingerprint density at radius 2 is 1.88 bits per heavy atom. The molecule has 0 saturated carbocycles. The number of benzene rings is 2. The van der Waals surface area contributed by atoms with Crippen molar-refractivity contribution in [1.29, 1.82) is 0 Å². The molecule has 25 heavy (non-hydrogen) atoms. The molecule has 4 rings (SSSR count). The third kappa shape index (κ3) is 2.62. The number of anilines is 1. The minimum absolute atomic E-state index is 0.0895. The minimum Gasteiger partial charge on any atom is -0.359 e. The summed E-state index contributed by atoms with van der Waals surface area (Å²) >= 11 is 0. The average Bonchev–Trinajstić information content (AvgIpc) is 3.17. The molecule has 0 saturated heterocycles. The lowest BCUT2D eigenvalue weighted by Gasteiger charge is -2.29. The Morgan fingerprint density at radius 1 is 1.12 bits per heavy atom. The Kier molecular flexibility index (Phi) is 4.04. The minimum atomic E-state index is -0.595. The summed E-state index contributed by atoms with van der Waals surface area (Å²) in [4.78, 5) is 19.9. The molecule has 2 aliphatic rings. The van der Waals surface area contributed by atoms with Crippen LogP contribution in [0, 0.1) is 0 Å². The average molecular weight is 333 g/mol. The fourth-order valence-corrected chi connectivity index (χ4v) is 4.12. The molecular formula is C21H23N3O. The SMILES string of the molecule is CC1=NCCN1CCCC1(c2ccccc2)C(=O)Nc2ccccc21. The van der Waals surface area contributed by atoms with E-state index in [0.29, 0.717) is 0 Å². The fraction of sp³-hybridized carbons (Fsp3) is 0.333. The van der Waals surface area contributed by atoms with Crippen LogP contribution in [-0.2, 0) is 10.2 Å². The van der Waals surface area contributed by atoms with Crippen molar-refractivity contribution in [3.8, 4) is 0 Å². The van der Waals surface area contributed by atoms with Gasteiger partial charge in [0.2, 0.25) is 5.91 Å². The number of rotatable bonds is 5. The molecule has 2 heterocycles. The van der Waals surface area contributed by atoms with Crippen molar-refractivity contribution >= 4 is 17.4 Å². The van der Waals surface area contributed by atoms with Gasteiger partial charge in [-0.1, -0.05) is 48.5 Å². The second-order valence-electron chi connectivity index (χ2n) is 6.79. The van der Waals surface area contributed by atoms with Crippen LogP contribution in [0.25, 0.3) is 0 Å². The van der Waals surface area contributed by atoms with E-state index in [1.807, 2.05) is 36.4 Å². The van der Waals surface area contributed by atoms with E-state index >= 15 is 0 Å². The summed E-state index contributed by atoms with van der Waals surface area (Å²) in [5.74, 6) is 1.21. The summed E-state index contributed by atoms with van der Waals surface area (Å²) < 4.78 is 0. The van der Waals surface area contributed by atoms with E-state index in [1.165, 1.54) is 0 Å². The number of hydrogen-bond donors (Lipinski definition) is 1. The van der Waals surface area contributed by atoms with Gasteiger partial charge in [-0.15, -0.1) is 0 Å². The lowest BCUT2D eigenvalue weighted by Crippen LogP contribution is -2.37. The number of aliphatic imine (C=N–C) groups is 1. The maximum atomic E-state index is 13.1. The van der Waals surface area contributed by atoms with Crippen molar-refractivity contribution in [3.05, 3.63) is 65.7 Å². The molecule has 128 valence electrons. The zero-order valence-corrected chi connectivity index (χ0v) is 14.5. The third-order valence-corrected chi connectivity index (χ3v) is 5.44. The second kappa shape index (κ2) is 6.36. The zero-order chi connectivity index (χ0) is 17.3. The van der Waals surface area contributed by atoms with E-state index in [2.05, 4.69) is 40.3 Å². The van der Waals surface area contributed by atoms with Gasteiger partial charge < -0.3 is 10.2 Å². The van der Waals surface area contributed by atoms with Crippen LogP contribution in [0.5, 0.6) is 0 Å². The van der Waals surface area contributed by atoms with Gasteiger partial charge in [0.25, 0.3) is 0 Å². The highest BCUT2D eigenvalue weighted by Gasteiger charge is 2.47. The molecule has 0 spiro atoms. The molecule has 0 fully saturated rings. The molecule has 2 aromatic carbocycles. The largest absolute Gasteiger partial charge is 0.359 e. The van der Waals surface area contributed by atoms with Gasteiger partial charge in [-0.05, 0) is 37.0 Å². The van der Waals surface area contributed by atoms with Gasteiger partial charge >= 0.3 is 0 Å². The van der Waals surface area contributed by atoms with Crippen molar-refractivity contribution in [3.63, 3.8) is 0 Å². The van der Waals surface area contributed by atoms with Crippen molar-refractivity contribution in [2.24, 2.45) is 4.99 Å². The Balaban J connectivity index is 1.66. The lowest BCUT2D eigenvalue weighted by molar-refractivity contribution is -0.119. The number of para-hydroxylation sites is 1. The smallest absolute Gasteiger partial charge is 0.239 e. The van der Waals surface area contributed by atoms with Crippen LogP contribution in [0.3, 0.4) is 0 Å². The number of carbonyl (C=O) groups is 1. The normalized spacial score (nSPS) is 21.9. The highest BCUT2D eigenvalue weighted by atomic mass is 16.2. The molecule has 0 aromatic heterocycles. The molecule has 4 heteroatoms. The van der Waals surface area contributed by atoms with Crippen LogP contribution >= 0.6 is 0 Å². The molecule has 2 aromatic rings. The van der Waals surface area contributed by atoms with Crippen molar-refractivity contribution in [2.75, 3.05) is 25.0 Å². The molecule has 4 nitrogen and oxygen atoms in total. The van der Waals surface area contributed by atoms with Crippen LogP contribution in [0.15, 0.2) is 59.6 Å². The molecular weight excluding hydrogens is 310 g/mol. The van der Waals surface area contributed by atoms with Crippen LogP contribution in [0.1, 0.15) is 30.9 Å². The maximum absolute atomic E-state index is 13.1. The molecule has 1 atom stereocenters. The van der Waals surface area contributed by atoms with Crippen molar-refractivity contribution < 1.29 is 4.79 Å². The second-order valence-corrected chi connectivity index (χ2v) is 6.79. The maximum Gasteiger partial charge on any atom is 0.239 e. The van der Waals surface area contributed by atoms with Crippen LogP contribution in [0.4, 0.5) is 5.69 Å². The Bertz CT molecular complexity index is 815. The molecule has 1 amide bonds. The molecule has 2 aliphatic heterocycles. The number of nitrogens with zero attached hydrogens (tertiary/aromatic N) is 2. The predicted octanol–water partition coefficient (Wildman–Crippen LogP) is 3.44. The first-order valence-corrected chi connectivity index (χ1v) is 8.94. The number of amides is 1. The Labute approximate surface area is 148 Å². The van der Waals surface area contributed by atoms with E-state index in [0.717, 1.165) is 55.1 Å². The van der Waals surface area contributed by atoms with Gasteiger partial charge in [0.1, 0.15) is 5.41 Å². The van der Waals surface area contributed by atoms with Gasteiger partial charge in [0.05, 0.1) is 12.4 Å². The first-order chi connectivity index (χ1) is 12.2. The Morgan fingerprint density at radius 3 is 2.64 bits per heavy atom. The van der Waals surface area contributed by atoms with E-state index < -0.39 is 5.41 Å². The standard InChI is InChI=1S/C21H23N3O/c1-16-22-13-15-24(16)14-7-12-21(17-8-3-2-4-9-17)18-10-5-6-11-19(18)23-20(21)25/h2-6,8-11H,7,12-15H2,1H3,(H,23,25). The van der Waals surface area contributed by atoms with Gasteiger partial charge in [-0.25, -0.2) is 0 Å². The quantitative estimate of drug-likeness (QED) is 0.911. The van der Waals surface area contributed by atoms with E-state index in [4.69, 9.17) is 0 Å². The van der Waals surface area contributed by atoms with Crippen LogP contribution < -0.4 is 5.32 Å². The van der Waals surface area contributed by atoms with Gasteiger partial charge in [0.15, 0.2) is 0 Å².